The summed E-state index contributed by atoms with van der Waals surface area (Å²) in [7, 11) is 0. The zero-order chi connectivity index (χ0) is 22.9. The lowest BCUT2D eigenvalue weighted by Gasteiger charge is -2.06. The van der Waals surface area contributed by atoms with Gasteiger partial charge in [-0.3, -0.25) is 4.79 Å². The second-order valence-electron chi connectivity index (χ2n) is 7.53. The van der Waals surface area contributed by atoms with Crippen molar-refractivity contribution in [3.63, 3.8) is 0 Å². The lowest BCUT2D eigenvalue weighted by Crippen LogP contribution is -2.23. The molecule has 8 heteroatoms. The number of carbonyl (C=O) groups excluding carboxylic acids is 1. The van der Waals surface area contributed by atoms with Gasteiger partial charge in [-0.1, -0.05) is 35.5 Å². The van der Waals surface area contributed by atoms with Crippen molar-refractivity contribution in [1.29, 1.82) is 5.26 Å². The van der Waals surface area contributed by atoms with Crippen LogP contribution in [0.2, 0.25) is 0 Å². The van der Waals surface area contributed by atoms with Gasteiger partial charge in [0.25, 0.3) is 5.91 Å². The Kier molecular flexibility index (Phi) is 7.25. The second kappa shape index (κ2) is 10.9. The van der Waals surface area contributed by atoms with Crippen molar-refractivity contribution in [2.45, 2.75) is 19.5 Å². The summed E-state index contributed by atoms with van der Waals surface area (Å²) in [4.78, 5) is 16.2. The molecule has 0 radical (unpaired) electrons. The van der Waals surface area contributed by atoms with Crippen LogP contribution in [0.25, 0.3) is 22.6 Å². The molecule has 0 aliphatic carbocycles. The molecule has 0 aliphatic heterocycles. The highest BCUT2D eigenvalue weighted by molar-refractivity contribution is 5.95. The molecule has 0 aliphatic rings. The number of hydrogen-bond donors (Lipinski definition) is 2. The fraction of sp³-hybridized carbons (Fsp3) is 0.200. The molecule has 0 bridgehead atoms. The number of rotatable bonds is 10. The molecule has 0 fully saturated rings. The number of carbonyl (C=O) groups is 1. The van der Waals surface area contributed by atoms with Crippen molar-refractivity contribution in [1.82, 2.24) is 25.3 Å². The molecule has 0 unspecified atom stereocenters. The van der Waals surface area contributed by atoms with Crippen LogP contribution < -0.4 is 10.6 Å². The molecule has 8 nitrogen and oxygen atoms in total. The molecular formula is C25H24N6O2. The molecule has 2 aromatic heterocycles. The van der Waals surface area contributed by atoms with Crippen LogP contribution in [-0.4, -0.2) is 33.7 Å². The van der Waals surface area contributed by atoms with E-state index < -0.39 is 0 Å². The smallest absolute Gasteiger partial charge is 0.252 e. The van der Waals surface area contributed by atoms with E-state index >= 15 is 0 Å². The normalized spacial score (nSPS) is 10.6. The molecule has 0 spiro atoms. The van der Waals surface area contributed by atoms with Crippen LogP contribution in [0.3, 0.4) is 0 Å². The van der Waals surface area contributed by atoms with Crippen LogP contribution in [0, 0.1) is 11.3 Å². The van der Waals surface area contributed by atoms with E-state index in [2.05, 4.69) is 37.5 Å². The molecule has 33 heavy (non-hydrogen) atoms. The summed E-state index contributed by atoms with van der Waals surface area (Å²) in [6.45, 7) is 2.58. The summed E-state index contributed by atoms with van der Waals surface area (Å²) < 4.78 is 7.65. The third-order valence-corrected chi connectivity index (χ3v) is 5.13. The number of nitrogens with one attached hydrogen (secondary N) is 2. The standard InChI is InChI=1S/C25H24N6O2/c26-8-10-29-25(32)22-7-2-5-20(15-22)23-16-24(33-30-23)21-6-1-4-19(14-21)17-27-9-3-12-31-13-11-28-18-31/h1-2,4-7,11,13-16,18,27H,3,9-10,12,17H2,(H,29,32). The van der Waals surface area contributed by atoms with E-state index in [1.54, 1.807) is 24.4 Å². The fourth-order valence-corrected chi connectivity index (χ4v) is 3.46. The lowest BCUT2D eigenvalue weighted by molar-refractivity contribution is 0.0958. The molecule has 166 valence electrons. The largest absolute Gasteiger partial charge is 0.356 e. The van der Waals surface area contributed by atoms with E-state index in [9.17, 15) is 4.79 Å². The van der Waals surface area contributed by atoms with E-state index in [1.807, 2.05) is 42.9 Å². The van der Waals surface area contributed by atoms with Gasteiger partial charge in [-0.15, -0.1) is 0 Å². The highest BCUT2D eigenvalue weighted by atomic mass is 16.5. The van der Waals surface area contributed by atoms with Gasteiger partial charge in [0.05, 0.1) is 12.4 Å². The monoisotopic (exact) mass is 440 g/mol. The number of amides is 1. The minimum Gasteiger partial charge on any atom is -0.356 e. The summed E-state index contributed by atoms with van der Waals surface area (Å²) >= 11 is 0. The minimum atomic E-state index is -0.299. The predicted octanol–water partition coefficient (Wildman–Crippen LogP) is 3.64. The first-order valence-corrected chi connectivity index (χ1v) is 10.7. The van der Waals surface area contributed by atoms with Gasteiger partial charge in [-0.05, 0) is 36.7 Å². The van der Waals surface area contributed by atoms with Crippen molar-refractivity contribution < 1.29 is 9.32 Å². The Bertz CT molecular complexity index is 1240. The molecule has 4 aromatic rings. The van der Waals surface area contributed by atoms with Crippen LogP contribution in [0.5, 0.6) is 0 Å². The van der Waals surface area contributed by atoms with Gasteiger partial charge in [0.2, 0.25) is 0 Å². The summed E-state index contributed by atoms with van der Waals surface area (Å²) in [5.74, 6) is 0.360. The minimum absolute atomic E-state index is 0.0347. The van der Waals surface area contributed by atoms with Crippen LogP contribution in [0.15, 0.2) is 77.8 Å². The third kappa shape index (κ3) is 5.93. The maximum Gasteiger partial charge on any atom is 0.252 e. The van der Waals surface area contributed by atoms with Gasteiger partial charge in [0, 0.05) is 48.2 Å². The van der Waals surface area contributed by atoms with Crippen LogP contribution in [-0.2, 0) is 13.1 Å². The highest BCUT2D eigenvalue weighted by Crippen LogP contribution is 2.27. The number of aryl methyl sites for hydroxylation is 1. The molecule has 2 heterocycles. The first-order chi connectivity index (χ1) is 16.2. The van der Waals surface area contributed by atoms with E-state index in [-0.39, 0.29) is 12.5 Å². The summed E-state index contributed by atoms with van der Waals surface area (Å²) in [5.41, 5.74) is 3.97. The van der Waals surface area contributed by atoms with Crippen LogP contribution in [0.1, 0.15) is 22.3 Å². The van der Waals surface area contributed by atoms with Gasteiger partial charge in [0.1, 0.15) is 12.2 Å². The fourth-order valence-electron chi connectivity index (χ4n) is 3.46. The highest BCUT2D eigenvalue weighted by Gasteiger charge is 2.12. The van der Waals surface area contributed by atoms with Crippen molar-refractivity contribution >= 4 is 5.91 Å². The zero-order valence-electron chi connectivity index (χ0n) is 18.1. The van der Waals surface area contributed by atoms with Crippen LogP contribution >= 0.6 is 0 Å². The maximum atomic E-state index is 12.1. The Morgan fingerprint density at radius 1 is 1.12 bits per heavy atom. The maximum absolute atomic E-state index is 12.1. The Morgan fingerprint density at radius 3 is 2.85 bits per heavy atom. The summed E-state index contributed by atoms with van der Waals surface area (Å²) in [6.07, 6.45) is 6.61. The Morgan fingerprint density at radius 2 is 2.00 bits per heavy atom. The van der Waals surface area contributed by atoms with Crippen molar-refractivity contribution in [2.24, 2.45) is 0 Å². The van der Waals surface area contributed by atoms with E-state index in [0.717, 1.165) is 42.7 Å². The molecule has 0 saturated heterocycles. The first-order valence-electron chi connectivity index (χ1n) is 10.7. The zero-order valence-corrected chi connectivity index (χ0v) is 18.1. The van der Waals surface area contributed by atoms with E-state index in [1.165, 1.54) is 0 Å². The molecular weight excluding hydrogens is 416 g/mol. The number of imidazole rings is 1. The van der Waals surface area contributed by atoms with Gasteiger partial charge in [0.15, 0.2) is 5.76 Å². The lowest BCUT2D eigenvalue weighted by atomic mass is 10.1. The van der Waals surface area contributed by atoms with E-state index in [0.29, 0.717) is 17.0 Å². The number of aromatic nitrogens is 3. The molecule has 0 saturated carbocycles. The second-order valence-corrected chi connectivity index (χ2v) is 7.53. The topological polar surface area (TPSA) is 109 Å². The number of hydrogen-bond acceptors (Lipinski definition) is 6. The molecule has 2 aromatic carbocycles. The number of nitrogens with zero attached hydrogens (tertiary/aromatic N) is 4. The average molecular weight is 441 g/mol. The average Bonchev–Trinajstić information content (AvgIpc) is 3.55. The van der Waals surface area contributed by atoms with Crippen molar-refractivity contribution in [3.05, 3.63) is 84.4 Å². The SMILES string of the molecule is N#CCNC(=O)c1cccc(-c2cc(-c3cccc(CNCCCn4ccnc4)c3)on2)c1. The quantitative estimate of drug-likeness (QED) is 0.288. The molecule has 4 rings (SSSR count). The van der Waals surface area contributed by atoms with Crippen molar-refractivity contribution in [3.8, 4) is 28.7 Å². The Hall–Kier alpha value is -4.22. The number of nitriles is 1. The predicted molar refractivity (Wildman–Crippen MR) is 124 cm³/mol. The Balaban J connectivity index is 1.37. The third-order valence-electron chi connectivity index (χ3n) is 5.13. The molecule has 1 amide bonds. The van der Waals surface area contributed by atoms with Crippen LogP contribution in [0.4, 0.5) is 0 Å². The molecule has 0 atom stereocenters. The summed E-state index contributed by atoms with van der Waals surface area (Å²) in [5, 5.41) is 18.8. The van der Waals surface area contributed by atoms with E-state index in [4.69, 9.17) is 9.78 Å². The first kappa shape index (κ1) is 22.0. The van der Waals surface area contributed by atoms with Gasteiger partial charge in [-0.2, -0.15) is 5.26 Å². The number of benzene rings is 2. The molecule has 2 N–H and O–H groups in total. The van der Waals surface area contributed by atoms with Gasteiger partial charge in [-0.25, -0.2) is 4.98 Å². The Labute approximate surface area is 191 Å². The van der Waals surface area contributed by atoms with Gasteiger partial charge < -0.3 is 19.7 Å². The van der Waals surface area contributed by atoms with Crippen molar-refractivity contribution in [2.75, 3.05) is 13.1 Å². The summed E-state index contributed by atoms with van der Waals surface area (Å²) in [6, 6.07) is 19.0. The van der Waals surface area contributed by atoms with Gasteiger partial charge >= 0.3 is 0 Å².